The van der Waals surface area contributed by atoms with Gasteiger partial charge in [-0.1, -0.05) is 23.1 Å². The van der Waals surface area contributed by atoms with E-state index >= 15 is 0 Å². The van der Waals surface area contributed by atoms with Crippen molar-refractivity contribution in [1.82, 2.24) is 9.97 Å². The first-order valence-electron chi connectivity index (χ1n) is 6.23. The van der Waals surface area contributed by atoms with Gasteiger partial charge in [-0.25, -0.2) is 4.98 Å². The Morgan fingerprint density at radius 1 is 1.18 bits per heavy atom. The van der Waals surface area contributed by atoms with Crippen LogP contribution in [0, 0.1) is 4.91 Å². The van der Waals surface area contributed by atoms with E-state index < -0.39 is 0 Å². The zero-order valence-electron chi connectivity index (χ0n) is 11.8. The Morgan fingerprint density at radius 2 is 1.95 bits per heavy atom. The highest BCUT2D eigenvalue weighted by atomic mass is 32.2. The molecule has 0 spiro atoms. The Balaban J connectivity index is 2.07. The topological polar surface area (TPSA) is 73.7 Å². The molecule has 0 aliphatic carbocycles. The number of aromatic nitrogens is 2. The Bertz CT molecular complexity index is 835. The van der Waals surface area contributed by atoms with Crippen molar-refractivity contribution in [2.45, 2.75) is 9.24 Å². The zero-order chi connectivity index (χ0) is 15.5. The number of methoxy groups -OCH3 is 2. The van der Waals surface area contributed by atoms with Crippen molar-refractivity contribution in [3.05, 3.63) is 35.5 Å². The molecule has 3 rings (SSSR count). The van der Waals surface area contributed by atoms with Gasteiger partial charge in [0.15, 0.2) is 20.8 Å². The number of nitroso groups, excluding NO2 is 1. The van der Waals surface area contributed by atoms with Crippen LogP contribution in [0.1, 0.15) is 0 Å². The van der Waals surface area contributed by atoms with E-state index in [2.05, 4.69) is 15.1 Å². The second-order valence-corrected chi connectivity index (χ2v) is 6.49. The number of ether oxygens (including phenoxy) is 2. The van der Waals surface area contributed by atoms with Crippen molar-refractivity contribution in [1.29, 1.82) is 0 Å². The molecule has 1 aromatic carbocycles. The predicted molar refractivity (Wildman–Crippen MR) is 86.5 cm³/mol. The van der Waals surface area contributed by atoms with Crippen LogP contribution in [-0.2, 0) is 0 Å². The molecular formula is C14H11N3O3S2. The maximum Gasteiger partial charge on any atom is 0.181 e. The summed E-state index contributed by atoms with van der Waals surface area (Å²) in [7, 11) is 3.18. The van der Waals surface area contributed by atoms with Crippen molar-refractivity contribution in [3.63, 3.8) is 0 Å². The second-order valence-electron chi connectivity index (χ2n) is 4.19. The fourth-order valence-corrected chi connectivity index (χ4v) is 3.79. The largest absolute Gasteiger partial charge is 0.493 e. The maximum absolute atomic E-state index is 10.5. The van der Waals surface area contributed by atoms with Gasteiger partial charge in [-0.2, -0.15) is 0 Å². The summed E-state index contributed by atoms with van der Waals surface area (Å²) in [5, 5.41) is 4.18. The number of pyridine rings is 1. The summed E-state index contributed by atoms with van der Waals surface area (Å²) in [6, 6.07) is 5.61. The van der Waals surface area contributed by atoms with Gasteiger partial charge in [-0.05, 0) is 17.3 Å². The number of hydrogen-bond donors (Lipinski definition) is 0. The van der Waals surface area contributed by atoms with Crippen molar-refractivity contribution in [2.24, 2.45) is 5.18 Å². The smallest absolute Gasteiger partial charge is 0.181 e. The van der Waals surface area contributed by atoms with Crippen LogP contribution in [0.15, 0.2) is 45.0 Å². The molecule has 0 N–H and O–H groups in total. The summed E-state index contributed by atoms with van der Waals surface area (Å²) in [5.41, 5.74) is 0.799. The lowest BCUT2D eigenvalue weighted by Crippen LogP contribution is -1.92. The molecule has 2 heterocycles. The SMILES string of the molecule is COc1cc2nccc(Sc3ncc(N=O)s3)c2cc1OC. The molecule has 0 fully saturated rings. The molecular weight excluding hydrogens is 322 g/mol. The van der Waals surface area contributed by atoms with E-state index in [1.54, 1.807) is 20.4 Å². The summed E-state index contributed by atoms with van der Waals surface area (Å²) in [6.07, 6.45) is 3.19. The van der Waals surface area contributed by atoms with E-state index in [0.717, 1.165) is 20.1 Å². The number of rotatable bonds is 5. The Morgan fingerprint density at radius 3 is 2.64 bits per heavy atom. The molecule has 0 saturated carbocycles. The predicted octanol–water partition coefficient (Wildman–Crippen LogP) is 4.26. The standard InChI is InChI=1S/C14H11N3O3S2/c1-19-10-5-8-9(6-11(10)20-2)15-4-3-12(8)21-14-16-7-13(17-18)22-14/h3-7H,1-2H3. The third-order valence-electron chi connectivity index (χ3n) is 2.97. The molecule has 112 valence electrons. The van der Waals surface area contributed by atoms with Crippen LogP contribution in [0.4, 0.5) is 5.00 Å². The lowest BCUT2D eigenvalue weighted by Gasteiger charge is -2.10. The molecule has 0 aliphatic heterocycles. The average molecular weight is 333 g/mol. The summed E-state index contributed by atoms with van der Waals surface area (Å²) >= 11 is 2.71. The molecule has 2 aromatic heterocycles. The van der Waals surface area contributed by atoms with E-state index in [4.69, 9.17) is 9.47 Å². The fourth-order valence-electron chi connectivity index (χ4n) is 1.97. The van der Waals surface area contributed by atoms with Crippen LogP contribution in [0.5, 0.6) is 11.5 Å². The minimum Gasteiger partial charge on any atom is -0.493 e. The van der Waals surface area contributed by atoms with Crippen LogP contribution in [0.25, 0.3) is 10.9 Å². The second kappa shape index (κ2) is 6.29. The fraction of sp³-hybridized carbons (Fsp3) is 0.143. The van der Waals surface area contributed by atoms with Crippen LogP contribution in [-0.4, -0.2) is 24.2 Å². The number of nitrogens with zero attached hydrogens (tertiary/aromatic N) is 3. The van der Waals surface area contributed by atoms with Crippen LogP contribution >= 0.6 is 23.1 Å². The Hall–Kier alpha value is -2.19. The quantitative estimate of drug-likeness (QED) is 0.650. The highest BCUT2D eigenvalue weighted by Crippen LogP contribution is 2.40. The van der Waals surface area contributed by atoms with Crippen molar-refractivity contribution in [3.8, 4) is 11.5 Å². The molecule has 0 radical (unpaired) electrons. The van der Waals surface area contributed by atoms with Gasteiger partial charge < -0.3 is 9.47 Å². The summed E-state index contributed by atoms with van der Waals surface area (Å²) in [5.74, 6) is 1.27. The van der Waals surface area contributed by atoms with Crippen LogP contribution in [0.3, 0.4) is 0 Å². The number of benzene rings is 1. The third-order valence-corrected chi connectivity index (χ3v) is 4.99. The highest BCUT2D eigenvalue weighted by Gasteiger charge is 2.12. The average Bonchev–Trinajstić information content (AvgIpc) is 3.01. The van der Waals surface area contributed by atoms with Gasteiger partial charge in [0.05, 0.1) is 25.9 Å². The first-order valence-corrected chi connectivity index (χ1v) is 7.86. The summed E-state index contributed by atoms with van der Waals surface area (Å²) in [4.78, 5) is 20.0. The molecule has 0 amide bonds. The molecule has 3 aromatic rings. The molecule has 0 saturated heterocycles. The van der Waals surface area contributed by atoms with E-state index in [1.807, 2.05) is 18.2 Å². The van der Waals surface area contributed by atoms with Crippen molar-refractivity contribution in [2.75, 3.05) is 14.2 Å². The number of fused-ring (bicyclic) bond motifs is 1. The van der Waals surface area contributed by atoms with Gasteiger partial charge in [-0.15, -0.1) is 4.91 Å². The first kappa shape index (κ1) is 14.7. The van der Waals surface area contributed by atoms with Gasteiger partial charge >= 0.3 is 0 Å². The molecule has 0 atom stereocenters. The Labute approximate surface area is 134 Å². The van der Waals surface area contributed by atoms with E-state index in [0.29, 0.717) is 16.5 Å². The minimum atomic E-state index is 0.361. The van der Waals surface area contributed by atoms with Crippen LogP contribution < -0.4 is 9.47 Å². The lowest BCUT2D eigenvalue weighted by atomic mass is 10.2. The number of hydrogen-bond acceptors (Lipinski definition) is 8. The summed E-state index contributed by atoms with van der Waals surface area (Å²) < 4.78 is 11.4. The molecule has 0 unspecified atom stereocenters. The zero-order valence-corrected chi connectivity index (χ0v) is 13.4. The van der Waals surface area contributed by atoms with Gasteiger partial charge in [0, 0.05) is 22.5 Å². The monoisotopic (exact) mass is 333 g/mol. The van der Waals surface area contributed by atoms with E-state index in [1.165, 1.54) is 29.3 Å². The normalized spacial score (nSPS) is 10.6. The van der Waals surface area contributed by atoms with Gasteiger partial charge in [0.25, 0.3) is 0 Å². The van der Waals surface area contributed by atoms with Gasteiger partial charge in [0.1, 0.15) is 0 Å². The molecule has 6 nitrogen and oxygen atoms in total. The van der Waals surface area contributed by atoms with Gasteiger partial charge in [0.2, 0.25) is 0 Å². The van der Waals surface area contributed by atoms with E-state index in [-0.39, 0.29) is 0 Å². The molecule has 0 aliphatic rings. The minimum absolute atomic E-state index is 0.361. The molecule has 22 heavy (non-hydrogen) atoms. The highest BCUT2D eigenvalue weighted by molar-refractivity contribution is 8.01. The summed E-state index contributed by atoms with van der Waals surface area (Å²) in [6.45, 7) is 0. The Kier molecular flexibility index (Phi) is 4.21. The first-order chi connectivity index (χ1) is 10.7. The van der Waals surface area contributed by atoms with Crippen LogP contribution in [0.2, 0.25) is 0 Å². The lowest BCUT2D eigenvalue weighted by molar-refractivity contribution is 0.355. The number of thiazole rings is 1. The van der Waals surface area contributed by atoms with Crippen molar-refractivity contribution >= 4 is 39.0 Å². The van der Waals surface area contributed by atoms with Crippen molar-refractivity contribution < 1.29 is 9.47 Å². The van der Waals surface area contributed by atoms with Gasteiger partial charge in [-0.3, -0.25) is 4.98 Å². The molecule has 0 bridgehead atoms. The maximum atomic E-state index is 10.5. The third kappa shape index (κ3) is 2.75. The molecule has 8 heteroatoms. The van der Waals surface area contributed by atoms with E-state index in [9.17, 15) is 4.91 Å².